The molecule has 0 fully saturated rings. The lowest BCUT2D eigenvalue weighted by Crippen LogP contribution is -2.28. The van der Waals surface area contributed by atoms with E-state index in [0.29, 0.717) is 17.9 Å². The van der Waals surface area contributed by atoms with E-state index in [1.807, 2.05) is 32.9 Å². The van der Waals surface area contributed by atoms with Gasteiger partial charge in [-0.25, -0.2) is 0 Å². The smallest absolute Gasteiger partial charge is 0.248 e. The van der Waals surface area contributed by atoms with E-state index in [2.05, 4.69) is 5.32 Å². The van der Waals surface area contributed by atoms with Gasteiger partial charge in [-0.1, -0.05) is 32.1 Å². The van der Waals surface area contributed by atoms with Crippen LogP contribution in [0.1, 0.15) is 31.1 Å². The Balaban J connectivity index is 0.00000232. The van der Waals surface area contributed by atoms with E-state index >= 15 is 0 Å². The quantitative estimate of drug-likeness (QED) is 0.536. The van der Waals surface area contributed by atoms with Crippen LogP contribution in [0.25, 0.3) is 0 Å². The Kier molecular flexibility index (Phi) is 12.0. The molecule has 6 heteroatoms. The van der Waals surface area contributed by atoms with Crippen LogP contribution in [0.15, 0.2) is 36.4 Å². The van der Waals surface area contributed by atoms with Crippen molar-refractivity contribution in [1.29, 1.82) is 0 Å². The molecule has 0 saturated heterocycles. The summed E-state index contributed by atoms with van der Waals surface area (Å²) in [6, 6.07) is 6.58. The Bertz CT molecular complexity index is 501. The number of amides is 2. The number of nitrogens with two attached hydrogens (primary N) is 1. The summed E-state index contributed by atoms with van der Waals surface area (Å²) < 4.78 is 10.6. The molecule has 0 bridgehead atoms. The third-order valence-corrected chi connectivity index (χ3v) is 2.50. The minimum absolute atomic E-state index is 0.0117. The van der Waals surface area contributed by atoms with Crippen molar-refractivity contribution < 1.29 is 19.1 Å². The zero-order valence-electron chi connectivity index (χ0n) is 14.0. The van der Waals surface area contributed by atoms with Crippen molar-refractivity contribution in [2.75, 3.05) is 26.4 Å². The number of primary amides is 1. The summed E-state index contributed by atoms with van der Waals surface area (Å²) in [5, 5.41) is 2.67. The van der Waals surface area contributed by atoms with Gasteiger partial charge in [-0.15, -0.1) is 0 Å². The number of ether oxygens (including phenoxy) is 2. The summed E-state index contributed by atoms with van der Waals surface area (Å²) in [5.41, 5.74) is 5.56. The second kappa shape index (κ2) is 13.3. The van der Waals surface area contributed by atoms with E-state index in [1.165, 1.54) is 0 Å². The van der Waals surface area contributed by atoms with Gasteiger partial charge in [-0.2, -0.15) is 0 Å². The highest BCUT2D eigenvalue weighted by molar-refractivity contribution is 5.93. The summed E-state index contributed by atoms with van der Waals surface area (Å²) >= 11 is 0. The van der Waals surface area contributed by atoms with Crippen molar-refractivity contribution in [1.82, 2.24) is 5.32 Å². The van der Waals surface area contributed by atoms with Crippen LogP contribution in [0.2, 0.25) is 0 Å². The number of hydrogen-bond donors (Lipinski definition) is 2. The Morgan fingerprint density at radius 2 is 2.00 bits per heavy atom. The number of rotatable bonds is 9. The van der Waals surface area contributed by atoms with Crippen molar-refractivity contribution in [2.24, 2.45) is 5.73 Å². The van der Waals surface area contributed by atoms with E-state index in [4.69, 9.17) is 15.2 Å². The molecule has 0 heterocycles. The first kappa shape index (κ1) is 20.7. The highest BCUT2D eigenvalue weighted by Gasteiger charge is 2.02. The minimum atomic E-state index is -0.505. The van der Waals surface area contributed by atoms with Crippen LogP contribution in [0.5, 0.6) is 5.75 Å². The standard InChI is InChI=1S/C15H20N2O4.C2H6/c1-2-3-7-17-14(18)11-20-8-9-21-13-6-4-5-12(10-13)15(16)19;1-2/h2-6,10H,7-9,11H2,1H3,(H2,16,19)(H,17,18);1-2H3/b3-2+;. The molecule has 0 aliphatic heterocycles. The maximum atomic E-state index is 11.3. The molecule has 0 aromatic heterocycles. The third kappa shape index (κ3) is 10.1. The SMILES string of the molecule is C/C=C/CNC(=O)COCCOc1cccc(C(N)=O)c1.CC. The second-order valence-electron chi connectivity index (χ2n) is 4.17. The summed E-state index contributed by atoms with van der Waals surface area (Å²) in [5.74, 6) is -0.147. The topological polar surface area (TPSA) is 90.7 Å². The molecule has 2 amide bonds. The highest BCUT2D eigenvalue weighted by atomic mass is 16.5. The maximum Gasteiger partial charge on any atom is 0.248 e. The average molecular weight is 322 g/mol. The molecule has 3 N–H and O–H groups in total. The van der Waals surface area contributed by atoms with Crippen LogP contribution in [-0.2, 0) is 9.53 Å². The zero-order valence-corrected chi connectivity index (χ0v) is 14.0. The molecule has 6 nitrogen and oxygen atoms in total. The number of benzene rings is 1. The number of nitrogens with one attached hydrogen (secondary N) is 1. The molecule has 128 valence electrons. The van der Waals surface area contributed by atoms with E-state index < -0.39 is 5.91 Å². The summed E-state index contributed by atoms with van der Waals surface area (Å²) in [7, 11) is 0. The van der Waals surface area contributed by atoms with Gasteiger partial charge in [0.1, 0.15) is 19.0 Å². The predicted molar refractivity (Wildman–Crippen MR) is 90.4 cm³/mol. The molecular formula is C17H26N2O4. The fourth-order valence-corrected chi connectivity index (χ4v) is 1.46. The van der Waals surface area contributed by atoms with Crippen LogP contribution in [0.3, 0.4) is 0 Å². The van der Waals surface area contributed by atoms with Crippen molar-refractivity contribution in [3.05, 3.63) is 42.0 Å². The molecule has 0 radical (unpaired) electrons. The third-order valence-electron chi connectivity index (χ3n) is 2.50. The first-order valence-electron chi connectivity index (χ1n) is 7.61. The number of carbonyl (C=O) groups is 2. The predicted octanol–water partition coefficient (Wildman–Crippen LogP) is 1.90. The van der Waals surface area contributed by atoms with E-state index in [1.54, 1.807) is 24.3 Å². The van der Waals surface area contributed by atoms with Crippen molar-refractivity contribution in [3.8, 4) is 5.75 Å². The Hall–Kier alpha value is -2.34. The van der Waals surface area contributed by atoms with Gasteiger partial charge in [0.2, 0.25) is 11.8 Å². The largest absolute Gasteiger partial charge is 0.491 e. The van der Waals surface area contributed by atoms with Gasteiger partial charge in [0.25, 0.3) is 0 Å². The molecule has 1 aromatic carbocycles. The zero-order chi connectivity index (χ0) is 17.5. The highest BCUT2D eigenvalue weighted by Crippen LogP contribution is 2.12. The maximum absolute atomic E-state index is 11.3. The van der Waals surface area contributed by atoms with Crippen molar-refractivity contribution in [3.63, 3.8) is 0 Å². The lowest BCUT2D eigenvalue weighted by atomic mass is 10.2. The molecule has 0 spiro atoms. The molecule has 0 unspecified atom stereocenters. The van der Waals surface area contributed by atoms with Gasteiger partial charge >= 0.3 is 0 Å². The van der Waals surface area contributed by atoms with Crippen LogP contribution >= 0.6 is 0 Å². The van der Waals surface area contributed by atoms with Crippen molar-refractivity contribution in [2.45, 2.75) is 20.8 Å². The Morgan fingerprint density at radius 3 is 2.65 bits per heavy atom. The number of carbonyl (C=O) groups excluding carboxylic acids is 2. The van der Waals surface area contributed by atoms with Gasteiger partial charge in [0.15, 0.2) is 0 Å². The molecule has 23 heavy (non-hydrogen) atoms. The average Bonchev–Trinajstić information content (AvgIpc) is 2.57. The van der Waals surface area contributed by atoms with E-state index in [9.17, 15) is 9.59 Å². The van der Waals surface area contributed by atoms with Gasteiger partial charge in [0, 0.05) is 12.1 Å². The monoisotopic (exact) mass is 322 g/mol. The lowest BCUT2D eigenvalue weighted by molar-refractivity contribution is -0.125. The molecule has 0 atom stereocenters. The molecule has 1 rings (SSSR count). The van der Waals surface area contributed by atoms with Gasteiger partial charge < -0.3 is 20.5 Å². The molecule has 0 saturated carbocycles. The normalized spacial score (nSPS) is 9.87. The van der Waals surface area contributed by atoms with Gasteiger partial charge in [-0.3, -0.25) is 9.59 Å². The van der Waals surface area contributed by atoms with E-state index in [0.717, 1.165) is 0 Å². The van der Waals surface area contributed by atoms with Gasteiger partial charge in [-0.05, 0) is 25.1 Å². The summed E-state index contributed by atoms with van der Waals surface area (Å²) in [6.07, 6.45) is 3.70. The fourth-order valence-electron chi connectivity index (χ4n) is 1.46. The number of allylic oxidation sites excluding steroid dienone is 1. The van der Waals surface area contributed by atoms with Crippen LogP contribution in [0, 0.1) is 0 Å². The first-order valence-corrected chi connectivity index (χ1v) is 7.61. The Morgan fingerprint density at radius 1 is 1.26 bits per heavy atom. The van der Waals surface area contributed by atoms with Crippen molar-refractivity contribution >= 4 is 11.8 Å². The molecular weight excluding hydrogens is 296 g/mol. The van der Waals surface area contributed by atoms with E-state index in [-0.39, 0.29) is 25.7 Å². The second-order valence-corrected chi connectivity index (χ2v) is 4.17. The molecule has 1 aromatic rings. The first-order chi connectivity index (χ1) is 11.1. The van der Waals surface area contributed by atoms with Gasteiger partial charge in [0.05, 0.1) is 6.61 Å². The molecule has 0 aliphatic rings. The summed E-state index contributed by atoms with van der Waals surface area (Å²) in [4.78, 5) is 22.3. The van der Waals surface area contributed by atoms with Crippen LogP contribution in [-0.4, -0.2) is 38.2 Å². The summed E-state index contributed by atoms with van der Waals surface area (Å²) in [6.45, 7) is 6.92. The molecule has 0 aliphatic carbocycles. The minimum Gasteiger partial charge on any atom is -0.491 e. The lowest BCUT2D eigenvalue weighted by Gasteiger charge is -2.08. The fraction of sp³-hybridized carbons (Fsp3) is 0.412. The van der Waals surface area contributed by atoms with Crippen LogP contribution < -0.4 is 15.8 Å². The van der Waals surface area contributed by atoms with Crippen LogP contribution in [0.4, 0.5) is 0 Å². The number of hydrogen-bond acceptors (Lipinski definition) is 4. The Labute approximate surface area is 137 Å².